The van der Waals surface area contributed by atoms with Gasteiger partial charge >= 0.3 is 0 Å². The van der Waals surface area contributed by atoms with Crippen molar-refractivity contribution < 1.29 is 4.79 Å². The first-order valence-electron chi connectivity index (χ1n) is 5.14. The van der Waals surface area contributed by atoms with Crippen LogP contribution < -0.4 is 11.5 Å². The Hall–Kier alpha value is -0.640. The van der Waals surface area contributed by atoms with E-state index in [1.807, 2.05) is 0 Å². The lowest BCUT2D eigenvalue weighted by Gasteiger charge is -2.33. The minimum atomic E-state index is -0.370. The van der Waals surface area contributed by atoms with Gasteiger partial charge in [0.15, 0.2) is 0 Å². The van der Waals surface area contributed by atoms with Crippen molar-refractivity contribution >= 4 is 23.1 Å². The number of hydrogen-bond donors (Lipinski definition) is 2. The summed E-state index contributed by atoms with van der Waals surface area (Å²) in [6, 6.07) is 0. The predicted molar refractivity (Wildman–Crippen MR) is 58.5 cm³/mol. The Balaban J connectivity index is 2.26. The van der Waals surface area contributed by atoms with E-state index >= 15 is 0 Å². The maximum absolute atomic E-state index is 11.4. The molecule has 0 radical (unpaired) electrons. The summed E-state index contributed by atoms with van der Waals surface area (Å²) in [5, 5.41) is 0. The van der Waals surface area contributed by atoms with Crippen LogP contribution in [0, 0.1) is 17.3 Å². The Bertz CT molecular complexity index is 268. The van der Waals surface area contributed by atoms with Gasteiger partial charge in [0, 0.05) is 0 Å². The van der Waals surface area contributed by atoms with Gasteiger partial charge in [-0.3, -0.25) is 4.79 Å². The second kappa shape index (κ2) is 3.19. The fraction of sp³-hybridized carbons (Fsp3) is 0.800. The largest absolute Gasteiger partial charge is 0.393 e. The molecule has 78 valence electrons. The topological polar surface area (TPSA) is 69.1 Å². The molecule has 2 rings (SSSR count). The molecule has 0 spiro atoms. The van der Waals surface area contributed by atoms with Crippen LogP contribution in [0.25, 0.3) is 0 Å². The SMILES string of the molecule is NC(=O)C(C(N)=S)C12CCC(CC1)C2. The zero-order valence-corrected chi connectivity index (χ0v) is 8.98. The van der Waals surface area contributed by atoms with Gasteiger partial charge < -0.3 is 11.5 Å². The minimum Gasteiger partial charge on any atom is -0.393 e. The Labute approximate surface area is 89.2 Å². The number of rotatable bonds is 3. The molecule has 4 N–H and O–H groups in total. The number of nitrogens with two attached hydrogens (primary N) is 2. The Morgan fingerprint density at radius 1 is 1.36 bits per heavy atom. The molecule has 2 fully saturated rings. The van der Waals surface area contributed by atoms with Crippen LogP contribution in [0.5, 0.6) is 0 Å². The summed E-state index contributed by atoms with van der Waals surface area (Å²) < 4.78 is 0. The highest BCUT2D eigenvalue weighted by atomic mass is 32.1. The third-order valence-corrected chi connectivity index (χ3v) is 4.21. The summed E-state index contributed by atoms with van der Waals surface area (Å²) in [6.07, 6.45) is 5.67. The number of hydrogen-bond acceptors (Lipinski definition) is 2. The van der Waals surface area contributed by atoms with Gasteiger partial charge in [-0.15, -0.1) is 0 Å². The molecule has 2 aliphatic rings. The molecule has 1 amide bonds. The van der Waals surface area contributed by atoms with Crippen molar-refractivity contribution in [1.82, 2.24) is 0 Å². The highest BCUT2D eigenvalue weighted by Crippen LogP contribution is 2.58. The lowest BCUT2D eigenvalue weighted by Crippen LogP contribution is -2.44. The summed E-state index contributed by atoms with van der Waals surface area (Å²) in [4.78, 5) is 11.7. The van der Waals surface area contributed by atoms with Crippen LogP contribution in [-0.2, 0) is 4.79 Å². The van der Waals surface area contributed by atoms with Gasteiger partial charge in [0.05, 0.1) is 10.9 Å². The average molecular weight is 212 g/mol. The molecule has 0 aliphatic heterocycles. The monoisotopic (exact) mass is 212 g/mol. The standard InChI is InChI=1S/C10H16N2OS/c11-8(13)7(9(12)14)10-3-1-6(5-10)2-4-10/h6-7H,1-5H2,(H2,11,13)(H2,12,14). The molecule has 1 atom stereocenters. The number of carbonyl (C=O) groups excluding carboxylic acids is 1. The molecule has 4 heteroatoms. The highest BCUT2D eigenvalue weighted by Gasteiger charge is 2.52. The summed E-state index contributed by atoms with van der Waals surface area (Å²) in [6.45, 7) is 0. The molecule has 3 nitrogen and oxygen atoms in total. The molecule has 0 aromatic heterocycles. The summed E-state index contributed by atoms with van der Waals surface area (Å²) in [5.74, 6) is 0.0799. The fourth-order valence-electron chi connectivity index (χ4n) is 3.39. The maximum Gasteiger partial charge on any atom is 0.227 e. The van der Waals surface area contributed by atoms with E-state index in [1.54, 1.807) is 0 Å². The van der Waals surface area contributed by atoms with E-state index in [2.05, 4.69) is 0 Å². The third kappa shape index (κ3) is 1.32. The third-order valence-electron chi connectivity index (χ3n) is 3.98. The number of amides is 1. The summed E-state index contributed by atoms with van der Waals surface area (Å²) >= 11 is 4.96. The molecular weight excluding hydrogens is 196 g/mol. The zero-order valence-electron chi connectivity index (χ0n) is 8.16. The van der Waals surface area contributed by atoms with Crippen molar-refractivity contribution in [3.8, 4) is 0 Å². The van der Waals surface area contributed by atoms with Crippen molar-refractivity contribution in [2.75, 3.05) is 0 Å². The number of primary amides is 1. The first kappa shape index (κ1) is 9.90. The minimum absolute atomic E-state index is 0.0301. The lowest BCUT2D eigenvalue weighted by molar-refractivity contribution is -0.122. The van der Waals surface area contributed by atoms with Crippen molar-refractivity contribution in [3.05, 3.63) is 0 Å². The van der Waals surface area contributed by atoms with Crippen molar-refractivity contribution in [2.45, 2.75) is 32.1 Å². The zero-order chi connectivity index (χ0) is 10.3. The number of carbonyl (C=O) groups is 1. The quantitative estimate of drug-likeness (QED) is 0.684. The molecule has 1 unspecified atom stereocenters. The molecule has 0 saturated heterocycles. The first-order chi connectivity index (χ1) is 6.55. The smallest absolute Gasteiger partial charge is 0.227 e. The molecule has 0 aromatic rings. The van der Waals surface area contributed by atoms with E-state index in [4.69, 9.17) is 23.7 Å². The van der Waals surface area contributed by atoms with Gasteiger partial charge in [-0.25, -0.2) is 0 Å². The number of thiocarbonyl (C=S) groups is 1. The molecular formula is C10H16N2OS. The Kier molecular flexibility index (Phi) is 2.26. The van der Waals surface area contributed by atoms with Crippen molar-refractivity contribution in [2.24, 2.45) is 28.7 Å². The Morgan fingerprint density at radius 3 is 2.21 bits per heavy atom. The molecule has 0 aromatic carbocycles. The van der Waals surface area contributed by atoms with E-state index in [-0.39, 0.29) is 17.2 Å². The van der Waals surface area contributed by atoms with Crippen molar-refractivity contribution in [3.63, 3.8) is 0 Å². The normalized spacial score (nSPS) is 37.0. The lowest BCUT2D eigenvalue weighted by atomic mass is 9.72. The van der Waals surface area contributed by atoms with E-state index < -0.39 is 0 Å². The van der Waals surface area contributed by atoms with Gasteiger partial charge in [-0.2, -0.15) is 0 Å². The second-order valence-electron chi connectivity index (χ2n) is 4.75. The number of fused-ring (bicyclic) bond motifs is 2. The average Bonchev–Trinajstić information content (AvgIpc) is 2.61. The van der Waals surface area contributed by atoms with Gasteiger partial charge in [0.2, 0.25) is 5.91 Å². The van der Waals surface area contributed by atoms with Gasteiger partial charge in [0.25, 0.3) is 0 Å². The van der Waals surface area contributed by atoms with Crippen LogP contribution in [0.3, 0.4) is 0 Å². The van der Waals surface area contributed by atoms with E-state index in [1.165, 1.54) is 12.8 Å². The van der Waals surface area contributed by atoms with Crippen LogP contribution in [0.4, 0.5) is 0 Å². The highest BCUT2D eigenvalue weighted by molar-refractivity contribution is 7.80. The Morgan fingerprint density at radius 2 is 1.93 bits per heavy atom. The van der Waals surface area contributed by atoms with Crippen LogP contribution >= 0.6 is 12.2 Å². The van der Waals surface area contributed by atoms with Gasteiger partial charge in [0.1, 0.15) is 0 Å². The van der Waals surface area contributed by atoms with Crippen LogP contribution in [0.1, 0.15) is 32.1 Å². The summed E-state index contributed by atoms with van der Waals surface area (Å²) in [5.41, 5.74) is 11.0. The molecule has 2 aliphatic carbocycles. The molecule has 0 heterocycles. The predicted octanol–water partition coefficient (Wildman–Crippen LogP) is 0.954. The van der Waals surface area contributed by atoms with E-state index in [9.17, 15) is 4.79 Å². The van der Waals surface area contributed by atoms with Crippen LogP contribution in [-0.4, -0.2) is 10.9 Å². The maximum atomic E-state index is 11.4. The van der Waals surface area contributed by atoms with E-state index in [0.717, 1.165) is 25.2 Å². The second-order valence-corrected chi connectivity index (χ2v) is 5.22. The van der Waals surface area contributed by atoms with E-state index in [0.29, 0.717) is 4.99 Å². The van der Waals surface area contributed by atoms with Crippen molar-refractivity contribution in [1.29, 1.82) is 0 Å². The first-order valence-corrected chi connectivity index (χ1v) is 5.55. The molecule has 2 saturated carbocycles. The van der Waals surface area contributed by atoms with Gasteiger partial charge in [-0.05, 0) is 43.4 Å². The van der Waals surface area contributed by atoms with Crippen LogP contribution in [0.15, 0.2) is 0 Å². The van der Waals surface area contributed by atoms with Gasteiger partial charge in [-0.1, -0.05) is 12.2 Å². The fourth-order valence-corrected chi connectivity index (χ4v) is 3.75. The molecule has 14 heavy (non-hydrogen) atoms. The summed E-state index contributed by atoms with van der Waals surface area (Å²) in [7, 11) is 0. The molecule has 2 bridgehead atoms. The van der Waals surface area contributed by atoms with Crippen LogP contribution in [0.2, 0.25) is 0 Å².